The van der Waals surface area contributed by atoms with Crippen molar-refractivity contribution in [1.29, 1.82) is 0 Å². The predicted molar refractivity (Wildman–Crippen MR) is 127 cm³/mol. The normalized spacial score (nSPS) is 10.6. The fourth-order valence-electron chi connectivity index (χ4n) is 2.99. The third-order valence-electron chi connectivity index (χ3n) is 4.45. The van der Waals surface area contributed by atoms with Crippen LogP contribution < -0.4 is 15.4 Å². The third kappa shape index (κ3) is 4.28. The van der Waals surface area contributed by atoms with E-state index in [4.69, 9.17) is 28.6 Å². The molecule has 0 bridgehead atoms. The van der Waals surface area contributed by atoms with E-state index < -0.39 is 0 Å². The number of benzene rings is 3. The lowest BCUT2D eigenvalue weighted by Crippen LogP contribution is -2.34. The van der Waals surface area contributed by atoms with Crippen LogP contribution in [0.25, 0.3) is 22.0 Å². The number of fused-ring (bicyclic) bond motifs is 1. The Morgan fingerprint density at radius 1 is 1.07 bits per heavy atom. The molecule has 5 nitrogen and oxygen atoms in total. The van der Waals surface area contributed by atoms with Crippen molar-refractivity contribution in [3.8, 4) is 17.0 Å². The monoisotopic (exact) mass is 453 g/mol. The first-order chi connectivity index (χ1) is 14.5. The van der Waals surface area contributed by atoms with Crippen molar-refractivity contribution in [2.75, 3.05) is 12.4 Å². The summed E-state index contributed by atoms with van der Waals surface area (Å²) in [5, 5.41) is 10.5. The molecule has 1 heterocycles. The van der Waals surface area contributed by atoms with Crippen LogP contribution in [-0.4, -0.2) is 23.1 Å². The van der Waals surface area contributed by atoms with Crippen LogP contribution in [-0.2, 0) is 0 Å². The zero-order valence-corrected chi connectivity index (χ0v) is 18.2. The van der Waals surface area contributed by atoms with E-state index in [1.165, 1.54) is 11.3 Å². The summed E-state index contributed by atoms with van der Waals surface area (Å²) in [7, 11) is 1.63. The van der Waals surface area contributed by atoms with Gasteiger partial charge in [-0.1, -0.05) is 35.9 Å². The van der Waals surface area contributed by atoms with E-state index in [-0.39, 0.29) is 11.0 Å². The summed E-state index contributed by atoms with van der Waals surface area (Å²) in [5.41, 5.74) is 2.27. The van der Waals surface area contributed by atoms with E-state index in [1.807, 2.05) is 47.8 Å². The number of thiazole rings is 1. The number of carbonyl (C=O) groups is 1. The van der Waals surface area contributed by atoms with Crippen LogP contribution >= 0.6 is 35.2 Å². The summed E-state index contributed by atoms with van der Waals surface area (Å²) < 4.78 is 5.17. The molecule has 8 heteroatoms. The van der Waals surface area contributed by atoms with E-state index in [9.17, 15) is 4.79 Å². The number of hydrogen-bond donors (Lipinski definition) is 2. The Bertz CT molecular complexity index is 1240. The minimum atomic E-state index is -0.313. The number of rotatable bonds is 4. The molecule has 0 radical (unpaired) electrons. The average Bonchev–Trinajstić information content (AvgIpc) is 3.22. The molecule has 150 valence electrons. The second-order valence-electron chi connectivity index (χ2n) is 6.32. The van der Waals surface area contributed by atoms with Crippen LogP contribution in [0.2, 0.25) is 5.02 Å². The van der Waals surface area contributed by atoms with E-state index in [1.54, 1.807) is 25.3 Å². The maximum atomic E-state index is 12.7. The lowest BCUT2D eigenvalue weighted by molar-refractivity contribution is 0.0979. The van der Waals surface area contributed by atoms with Crippen molar-refractivity contribution in [3.63, 3.8) is 0 Å². The van der Waals surface area contributed by atoms with Gasteiger partial charge in [0.15, 0.2) is 10.2 Å². The molecule has 0 aliphatic carbocycles. The van der Waals surface area contributed by atoms with Gasteiger partial charge in [-0.05, 0) is 54.0 Å². The molecule has 3 aromatic carbocycles. The number of halogens is 1. The number of carbonyl (C=O) groups excluding carboxylic acids is 1. The van der Waals surface area contributed by atoms with Gasteiger partial charge in [0.1, 0.15) is 5.75 Å². The molecule has 1 aromatic heterocycles. The van der Waals surface area contributed by atoms with Gasteiger partial charge < -0.3 is 10.1 Å². The van der Waals surface area contributed by atoms with Gasteiger partial charge in [0.25, 0.3) is 5.91 Å². The minimum absolute atomic E-state index is 0.176. The van der Waals surface area contributed by atoms with Crippen LogP contribution in [0.15, 0.2) is 66.0 Å². The number of aromatic nitrogens is 1. The molecule has 0 spiro atoms. The molecular weight excluding hydrogens is 438 g/mol. The van der Waals surface area contributed by atoms with Gasteiger partial charge in [-0.2, -0.15) is 0 Å². The summed E-state index contributed by atoms with van der Waals surface area (Å²) in [6, 6.07) is 18.5. The highest BCUT2D eigenvalue weighted by Crippen LogP contribution is 2.27. The first kappa shape index (κ1) is 20.3. The number of thiocarbonyl (C=S) groups is 1. The number of nitrogens with one attached hydrogen (secondary N) is 2. The smallest absolute Gasteiger partial charge is 0.258 e. The van der Waals surface area contributed by atoms with E-state index in [2.05, 4.69) is 15.6 Å². The van der Waals surface area contributed by atoms with Gasteiger partial charge in [-0.15, -0.1) is 11.3 Å². The van der Waals surface area contributed by atoms with E-state index in [0.29, 0.717) is 15.7 Å². The molecule has 0 fully saturated rings. The number of anilines is 1. The molecule has 0 unspecified atom stereocenters. The quantitative estimate of drug-likeness (QED) is 0.385. The standard InChI is InChI=1S/C22H16ClN3O2S2/c1-28-14-10-8-13(9-11-14)19-12-30-22(24-19)26-21(29)25-20(27)17-6-2-5-16-15(17)4-3-7-18(16)23/h2-12H,1H3,(H2,24,25,26,27,29). The summed E-state index contributed by atoms with van der Waals surface area (Å²) >= 11 is 12.9. The highest BCUT2D eigenvalue weighted by molar-refractivity contribution is 7.80. The van der Waals surface area contributed by atoms with Gasteiger partial charge in [-0.3, -0.25) is 10.1 Å². The summed E-state index contributed by atoms with van der Waals surface area (Å²) in [6.45, 7) is 0. The molecule has 0 atom stereocenters. The third-order valence-corrected chi connectivity index (χ3v) is 5.74. The van der Waals surface area contributed by atoms with E-state index in [0.717, 1.165) is 27.8 Å². The second kappa shape index (κ2) is 8.79. The van der Waals surface area contributed by atoms with Gasteiger partial charge >= 0.3 is 0 Å². The maximum absolute atomic E-state index is 12.7. The zero-order chi connectivity index (χ0) is 21.1. The van der Waals surface area contributed by atoms with Crippen molar-refractivity contribution in [1.82, 2.24) is 10.3 Å². The average molecular weight is 454 g/mol. The van der Waals surface area contributed by atoms with Gasteiger partial charge in [-0.25, -0.2) is 4.98 Å². The Balaban J connectivity index is 1.46. The zero-order valence-electron chi connectivity index (χ0n) is 15.8. The summed E-state index contributed by atoms with van der Waals surface area (Å²) in [5.74, 6) is 0.471. The van der Waals surface area contributed by atoms with Crippen LogP contribution in [0.3, 0.4) is 0 Å². The fraction of sp³-hybridized carbons (Fsp3) is 0.0455. The van der Waals surface area contributed by atoms with Crippen molar-refractivity contribution in [3.05, 3.63) is 76.6 Å². The molecule has 0 aliphatic rings. The Hall–Kier alpha value is -3.00. The largest absolute Gasteiger partial charge is 0.497 e. The number of methoxy groups -OCH3 is 1. The Morgan fingerprint density at radius 3 is 2.57 bits per heavy atom. The Morgan fingerprint density at radius 2 is 1.80 bits per heavy atom. The Kier molecular flexibility index (Phi) is 5.94. The number of hydrogen-bond acceptors (Lipinski definition) is 5. The van der Waals surface area contributed by atoms with Crippen molar-refractivity contribution < 1.29 is 9.53 Å². The molecule has 1 amide bonds. The van der Waals surface area contributed by atoms with Crippen LogP contribution in [0.4, 0.5) is 5.13 Å². The second-order valence-corrected chi connectivity index (χ2v) is 7.99. The molecule has 4 aromatic rings. The lowest BCUT2D eigenvalue weighted by atomic mass is 10.0. The SMILES string of the molecule is COc1ccc(-c2csc(NC(=S)NC(=O)c3cccc4c(Cl)cccc34)n2)cc1. The number of ether oxygens (including phenoxy) is 1. The summed E-state index contributed by atoms with van der Waals surface area (Å²) in [4.78, 5) is 17.3. The minimum Gasteiger partial charge on any atom is -0.497 e. The molecule has 30 heavy (non-hydrogen) atoms. The van der Waals surface area contributed by atoms with Gasteiger partial charge in [0.2, 0.25) is 0 Å². The molecule has 0 saturated heterocycles. The maximum Gasteiger partial charge on any atom is 0.258 e. The van der Waals surface area contributed by atoms with Gasteiger partial charge in [0, 0.05) is 26.9 Å². The van der Waals surface area contributed by atoms with Crippen molar-refractivity contribution in [2.24, 2.45) is 0 Å². The van der Waals surface area contributed by atoms with Crippen LogP contribution in [0, 0.1) is 0 Å². The first-order valence-corrected chi connectivity index (χ1v) is 10.6. The summed E-state index contributed by atoms with van der Waals surface area (Å²) in [6.07, 6.45) is 0. The Labute approximate surface area is 187 Å². The fourth-order valence-corrected chi connectivity index (χ4v) is 4.21. The molecule has 2 N–H and O–H groups in total. The topological polar surface area (TPSA) is 63.2 Å². The number of nitrogens with zero attached hydrogens (tertiary/aromatic N) is 1. The van der Waals surface area contributed by atoms with Gasteiger partial charge in [0.05, 0.1) is 12.8 Å². The molecule has 0 saturated carbocycles. The highest BCUT2D eigenvalue weighted by atomic mass is 35.5. The molecular formula is C22H16ClN3O2S2. The highest BCUT2D eigenvalue weighted by Gasteiger charge is 2.13. The number of amides is 1. The van der Waals surface area contributed by atoms with Crippen LogP contribution in [0.1, 0.15) is 10.4 Å². The first-order valence-electron chi connectivity index (χ1n) is 8.94. The molecule has 0 aliphatic heterocycles. The van der Waals surface area contributed by atoms with E-state index >= 15 is 0 Å². The lowest BCUT2D eigenvalue weighted by Gasteiger charge is -2.10. The van der Waals surface area contributed by atoms with Crippen LogP contribution in [0.5, 0.6) is 5.75 Å². The van der Waals surface area contributed by atoms with Crippen molar-refractivity contribution in [2.45, 2.75) is 0 Å². The molecule has 4 rings (SSSR count). The van der Waals surface area contributed by atoms with Crippen molar-refractivity contribution >= 4 is 62.1 Å². The predicted octanol–water partition coefficient (Wildman–Crippen LogP) is 5.75.